The summed E-state index contributed by atoms with van der Waals surface area (Å²) in [6, 6.07) is 5.08. The van der Waals surface area contributed by atoms with Gasteiger partial charge in [0.05, 0.1) is 0 Å². The van der Waals surface area contributed by atoms with Crippen LogP contribution in [0.1, 0.15) is 19.4 Å². The fourth-order valence-corrected chi connectivity index (χ4v) is 1.28. The summed E-state index contributed by atoms with van der Waals surface area (Å²) in [5.41, 5.74) is -0.404. The lowest BCUT2D eigenvalue weighted by Crippen LogP contribution is -2.30. The van der Waals surface area contributed by atoms with Crippen molar-refractivity contribution >= 4 is 12.0 Å². The van der Waals surface area contributed by atoms with Crippen molar-refractivity contribution in [3.8, 4) is 6.07 Å². The van der Waals surface area contributed by atoms with Crippen molar-refractivity contribution in [1.82, 2.24) is 5.32 Å². The van der Waals surface area contributed by atoms with Crippen molar-refractivity contribution in [2.75, 3.05) is 0 Å². The minimum Gasteiger partial charge on any atom is -0.349 e. The number of hydrogen-bond acceptors (Lipinski definition) is 2. The number of nitriles is 1. The van der Waals surface area contributed by atoms with E-state index in [1.165, 1.54) is 12.1 Å². The summed E-state index contributed by atoms with van der Waals surface area (Å²) in [7, 11) is 0. The van der Waals surface area contributed by atoms with E-state index < -0.39 is 17.5 Å². The van der Waals surface area contributed by atoms with Gasteiger partial charge in [-0.05, 0) is 26.0 Å². The molecular weight excluding hydrogens is 238 g/mol. The van der Waals surface area contributed by atoms with Crippen molar-refractivity contribution in [1.29, 1.82) is 5.26 Å². The summed E-state index contributed by atoms with van der Waals surface area (Å²) in [6.45, 7) is 3.46. The molecule has 0 aliphatic heterocycles. The highest BCUT2D eigenvalue weighted by Crippen LogP contribution is 2.14. The van der Waals surface area contributed by atoms with E-state index in [1.807, 2.05) is 0 Å². The molecule has 0 aromatic heterocycles. The summed E-state index contributed by atoms with van der Waals surface area (Å²) in [4.78, 5) is 11.6. The third-order valence-electron chi connectivity index (χ3n) is 2.07. The maximum Gasteiger partial charge on any atom is 0.262 e. The molecule has 1 rings (SSSR count). The van der Waals surface area contributed by atoms with Gasteiger partial charge in [0.15, 0.2) is 11.6 Å². The molecule has 94 valence electrons. The Balaban J connectivity index is 3.09. The zero-order valence-corrected chi connectivity index (χ0v) is 10.00. The summed E-state index contributed by atoms with van der Waals surface area (Å²) < 4.78 is 26.3. The average Bonchev–Trinajstić information content (AvgIpc) is 2.30. The van der Waals surface area contributed by atoms with Gasteiger partial charge in [-0.2, -0.15) is 5.26 Å². The molecule has 1 aromatic rings. The largest absolute Gasteiger partial charge is 0.349 e. The molecule has 0 aliphatic carbocycles. The van der Waals surface area contributed by atoms with E-state index in [0.717, 1.165) is 12.1 Å². The Kier molecular flexibility index (Phi) is 4.55. The van der Waals surface area contributed by atoms with E-state index in [4.69, 9.17) is 5.26 Å². The van der Waals surface area contributed by atoms with Gasteiger partial charge in [-0.1, -0.05) is 12.1 Å². The Bertz CT molecular complexity index is 530. The lowest BCUT2D eigenvalue weighted by Gasteiger charge is -2.07. The van der Waals surface area contributed by atoms with E-state index in [0.29, 0.717) is 0 Å². The maximum atomic E-state index is 13.4. The molecule has 0 saturated heterocycles. The SMILES string of the molecule is CC(C)NC(=O)C(C#N)=Cc1cccc(F)c1F. The fraction of sp³-hybridized carbons (Fsp3) is 0.231. The quantitative estimate of drug-likeness (QED) is 0.661. The predicted octanol–water partition coefficient (Wildman–Crippen LogP) is 2.40. The van der Waals surface area contributed by atoms with Crippen LogP contribution in [0, 0.1) is 23.0 Å². The highest BCUT2D eigenvalue weighted by atomic mass is 19.2. The number of rotatable bonds is 3. The molecule has 0 atom stereocenters. The highest BCUT2D eigenvalue weighted by molar-refractivity contribution is 6.01. The number of amides is 1. The maximum absolute atomic E-state index is 13.4. The molecule has 5 heteroatoms. The van der Waals surface area contributed by atoms with Gasteiger partial charge in [0.1, 0.15) is 11.6 Å². The molecule has 0 saturated carbocycles. The Labute approximate surface area is 104 Å². The number of benzene rings is 1. The van der Waals surface area contributed by atoms with Crippen LogP contribution in [-0.4, -0.2) is 11.9 Å². The molecule has 0 heterocycles. The van der Waals surface area contributed by atoms with Crippen LogP contribution in [0.4, 0.5) is 8.78 Å². The number of hydrogen-bond donors (Lipinski definition) is 1. The number of nitrogens with zero attached hydrogens (tertiary/aromatic N) is 1. The van der Waals surface area contributed by atoms with Crippen LogP contribution >= 0.6 is 0 Å². The predicted molar refractivity (Wildman–Crippen MR) is 63.2 cm³/mol. The van der Waals surface area contributed by atoms with E-state index in [1.54, 1.807) is 19.9 Å². The van der Waals surface area contributed by atoms with Gasteiger partial charge in [0.25, 0.3) is 5.91 Å². The minimum absolute atomic E-state index is 0.134. The Morgan fingerprint density at radius 2 is 2.11 bits per heavy atom. The number of carbonyl (C=O) groups is 1. The van der Waals surface area contributed by atoms with Gasteiger partial charge >= 0.3 is 0 Å². The molecule has 1 amide bonds. The van der Waals surface area contributed by atoms with E-state index >= 15 is 0 Å². The first-order valence-electron chi connectivity index (χ1n) is 5.32. The zero-order valence-electron chi connectivity index (χ0n) is 10.00. The molecule has 0 aliphatic rings. The first-order valence-corrected chi connectivity index (χ1v) is 5.32. The lowest BCUT2D eigenvalue weighted by molar-refractivity contribution is -0.117. The molecule has 1 aromatic carbocycles. The van der Waals surface area contributed by atoms with Gasteiger partial charge in [-0.25, -0.2) is 8.78 Å². The van der Waals surface area contributed by atoms with Crippen LogP contribution in [0.25, 0.3) is 6.08 Å². The smallest absolute Gasteiger partial charge is 0.262 e. The van der Waals surface area contributed by atoms with Crippen LogP contribution in [0.5, 0.6) is 0 Å². The monoisotopic (exact) mass is 250 g/mol. The molecule has 1 N–H and O–H groups in total. The first kappa shape index (κ1) is 13.8. The van der Waals surface area contributed by atoms with Crippen molar-refractivity contribution in [2.24, 2.45) is 0 Å². The second kappa shape index (κ2) is 5.92. The van der Waals surface area contributed by atoms with Crippen molar-refractivity contribution < 1.29 is 13.6 Å². The Morgan fingerprint density at radius 1 is 1.44 bits per heavy atom. The minimum atomic E-state index is -1.08. The summed E-state index contributed by atoms with van der Waals surface area (Å²) >= 11 is 0. The van der Waals surface area contributed by atoms with Crippen LogP contribution in [-0.2, 0) is 4.79 Å². The van der Waals surface area contributed by atoms with Crippen molar-refractivity contribution in [2.45, 2.75) is 19.9 Å². The van der Waals surface area contributed by atoms with E-state index in [2.05, 4.69) is 5.32 Å². The lowest BCUT2D eigenvalue weighted by atomic mass is 10.1. The molecule has 0 spiro atoms. The van der Waals surface area contributed by atoms with Crippen LogP contribution in [0.3, 0.4) is 0 Å². The van der Waals surface area contributed by atoms with Gasteiger partial charge in [-0.15, -0.1) is 0 Å². The molecule has 18 heavy (non-hydrogen) atoms. The van der Waals surface area contributed by atoms with Crippen LogP contribution in [0.15, 0.2) is 23.8 Å². The van der Waals surface area contributed by atoms with Crippen molar-refractivity contribution in [3.05, 3.63) is 41.0 Å². The zero-order chi connectivity index (χ0) is 13.7. The average molecular weight is 250 g/mol. The van der Waals surface area contributed by atoms with Gasteiger partial charge in [-0.3, -0.25) is 4.79 Å². The topological polar surface area (TPSA) is 52.9 Å². The second-order valence-electron chi connectivity index (χ2n) is 3.94. The summed E-state index contributed by atoms with van der Waals surface area (Å²) in [6.07, 6.45) is 1.02. The van der Waals surface area contributed by atoms with Crippen LogP contribution < -0.4 is 5.32 Å². The second-order valence-corrected chi connectivity index (χ2v) is 3.94. The first-order chi connectivity index (χ1) is 8.45. The molecular formula is C13H12F2N2O. The molecule has 0 fully saturated rings. The highest BCUT2D eigenvalue weighted by Gasteiger charge is 2.12. The number of carbonyl (C=O) groups excluding carboxylic acids is 1. The molecule has 3 nitrogen and oxygen atoms in total. The van der Waals surface area contributed by atoms with E-state index in [9.17, 15) is 13.6 Å². The normalized spacial score (nSPS) is 11.2. The third kappa shape index (κ3) is 3.39. The Morgan fingerprint density at radius 3 is 2.67 bits per heavy atom. The molecule has 0 bridgehead atoms. The van der Waals surface area contributed by atoms with Gasteiger partial charge < -0.3 is 5.32 Å². The van der Waals surface area contributed by atoms with E-state index in [-0.39, 0.29) is 17.2 Å². The summed E-state index contributed by atoms with van der Waals surface area (Å²) in [5, 5.41) is 11.3. The number of nitrogens with one attached hydrogen (secondary N) is 1. The van der Waals surface area contributed by atoms with Crippen LogP contribution in [0.2, 0.25) is 0 Å². The van der Waals surface area contributed by atoms with Gasteiger partial charge in [0, 0.05) is 11.6 Å². The summed E-state index contributed by atoms with van der Waals surface area (Å²) in [5.74, 6) is -2.72. The standard InChI is InChI=1S/C13H12F2N2O/c1-8(2)17-13(18)10(7-16)6-9-4-3-5-11(14)12(9)15/h3-6,8H,1-2H3,(H,17,18). The molecule has 0 unspecified atom stereocenters. The van der Waals surface area contributed by atoms with Crippen molar-refractivity contribution in [3.63, 3.8) is 0 Å². The Hall–Kier alpha value is -2.22. The third-order valence-corrected chi connectivity index (χ3v) is 2.07. The number of halogens is 2. The van der Waals surface area contributed by atoms with Gasteiger partial charge in [0.2, 0.25) is 0 Å². The fourth-order valence-electron chi connectivity index (χ4n) is 1.28. The molecule has 0 radical (unpaired) electrons.